The van der Waals surface area contributed by atoms with Gasteiger partial charge < -0.3 is 14.8 Å². The number of pyridine rings is 2. The molecule has 3 aromatic heterocycles. The van der Waals surface area contributed by atoms with Crippen molar-refractivity contribution in [3.63, 3.8) is 0 Å². The molecule has 1 N–H and O–H groups in total. The third-order valence-corrected chi connectivity index (χ3v) is 5.25. The van der Waals surface area contributed by atoms with Crippen molar-refractivity contribution in [3.05, 3.63) is 78.0 Å². The maximum atomic E-state index is 5.68. The Labute approximate surface area is 165 Å². The molecular weight excluding hydrogens is 354 g/mol. The largest absolute Gasteiger partial charge is 0.352 e. The predicted octanol–water partition coefficient (Wildman–Crippen LogP) is 3.96. The summed E-state index contributed by atoms with van der Waals surface area (Å²) in [5.74, 6) is 0.905. The summed E-state index contributed by atoms with van der Waals surface area (Å²) in [6, 6.07) is 14.6. The summed E-state index contributed by atoms with van der Waals surface area (Å²) in [5.41, 5.74) is 3.27. The molecule has 0 aromatic carbocycles. The minimum atomic E-state index is -0.0137. The molecule has 0 spiro atoms. The Morgan fingerprint density at radius 1 is 1.07 bits per heavy atom. The van der Waals surface area contributed by atoms with Crippen molar-refractivity contribution in [2.24, 2.45) is 0 Å². The Morgan fingerprint density at radius 2 is 1.93 bits per heavy atom. The molecule has 4 rings (SSSR count). The lowest BCUT2D eigenvalue weighted by Gasteiger charge is -2.31. The van der Waals surface area contributed by atoms with E-state index >= 15 is 0 Å². The Morgan fingerprint density at radius 3 is 2.59 bits per heavy atom. The summed E-state index contributed by atoms with van der Waals surface area (Å²) in [5, 5.41) is 4.25. The first-order chi connectivity index (χ1) is 13.1. The van der Waals surface area contributed by atoms with Crippen LogP contribution in [-0.4, -0.2) is 30.6 Å². The number of thiocarbonyl (C=S) groups is 1. The van der Waals surface area contributed by atoms with E-state index in [1.807, 2.05) is 31.5 Å². The van der Waals surface area contributed by atoms with Crippen LogP contribution in [0.5, 0.6) is 0 Å². The van der Waals surface area contributed by atoms with Crippen LogP contribution in [0.25, 0.3) is 5.82 Å². The van der Waals surface area contributed by atoms with E-state index in [1.165, 1.54) is 0 Å². The highest BCUT2D eigenvalue weighted by molar-refractivity contribution is 7.80. The monoisotopic (exact) mass is 377 g/mol. The maximum absolute atomic E-state index is 5.68. The molecule has 1 aliphatic rings. The SMILES string of the molecule is Cc1ccc(-n2cccc2C2C(c3ccccn3)NC(=S)N2C(C)C)nc1. The van der Waals surface area contributed by atoms with Crippen LogP contribution in [0.15, 0.2) is 61.1 Å². The van der Waals surface area contributed by atoms with E-state index in [4.69, 9.17) is 12.2 Å². The van der Waals surface area contributed by atoms with Crippen LogP contribution in [0.3, 0.4) is 0 Å². The number of hydrogen-bond donors (Lipinski definition) is 1. The Balaban J connectivity index is 1.82. The molecule has 4 heterocycles. The molecule has 2 unspecified atom stereocenters. The molecule has 0 aliphatic carbocycles. The molecule has 3 aromatic rings. The summed E-state index contributed by atoms with van der Waals surface area (Å²) < 4.78 is 2.14. The lowest BCUT2D eigenvalue weighted by molar-refractivity contribution is 0.262. The van der Waals surface area contributed by atoms with Crippen LogP contribution < -0.4 is 5.32 Å². The van der Waals surface area contributed by atoms with E-state index in [2.05, 4.69) is 75.1 Å². The number of aryl methyl sites for hydroxylation is 1. The van der Waals surface area contributed by atoms with Crippen LogP contribution in [-0.2, 0) is 0 Å². The van der Waals surface area contributed by atoms with Gasteiger partial charge in [-0.15, -0.1) is 0 Å². The molecule has 0 bridgehead atoms. The molecule has 0 amide bonds. The fraction of sp³-hybridized carbons (Fsp3) is 0.286. The topological polar surface area (TPSA) is 46.0 Å². The summed E-state index contributed by atoms with van der Waals surface area (Å²) in [6.45, 7) is 6.38. The van der Waals surface area contributed by atoms with Gasteiger partial charge in [-0.25, -0.2) is 4.98 Å². The van der Waals surface area contributed by atoms with Crippen molar-refractivity contribution >= 4 is 17.3 Å². The molecule has 0 saturated carbocycles. The Kier molecular flexibility index (Phi) is 4.66. The zero-order valence-electron chi connectivity index (χ0n) is 15.7. The highest BCUT2D eigenvalue weighted by Crippen LogP contribution is 2.40. The highest BCUT2D eigenvalue weighted by Gasteiger charge is 2.42. The first kappa shape index (κ1) is 17.7. The van der Waals surface area contributed by atoms with Crippen LogP contribution in [0.2, 0.25) is 0 Å². The second kappa shape index (κ2) is 7.12. The van der Waals surface area contributed by atoms with Crippen molar-refractivity contribution in [1.82, 2.24) is 24.8 Å². The van der Waals surface area contributed by atoms with Gasteiger partial charge >= 0.3 is 0 Å². The van der Waals surface area contributed by atoms with Gasteiger partial charge in [-0.1, -0.05) is 12.1 Å². The predicted molar refractivity (Wildman–Crippen MR) is 111 cm³/mol. The molecule has 5 nitrogen and oxygen atoms in total. The van der Waals surface area contributed by atoms with E-state index in [9.17, 15) is 0 Å². The molecule has 1 saturated heterocycles. The molecule has 0 radical (unpaired) electrons. The van der Waals surface area contributed by atoms with Crippen molar-refractivity contribution in [2.45, 2.75) is 38.9 Å². The van der Waals surface area contributed by atoms with Crippen LogP contribution in [0.4, 0.5) is 0 Å². The number of aromatic nitrogens is 3. The van der Waals surface area contributed by atoms with Crippen molar-refractivity contribution in [2.75, 3.05) is 0 Å². The molecule has 1 fully saturated rings. The minimum Gasteiger partial charge on any atom is -0.352 e. The summed E-state index contributed by atoms with van der Waals surface area (Å²) in [7, 11) is 0. The Bertz CT molecular complexity index is 933. The third-order valence-electron chi connectivity index (χ3n) is 4.92. The average Bonchev–Trinajstić information content (AvgIpc) is 3.27. The second-order valence-corrected chi connectivity index (χ2v) is 7.51. The van der Waals surface area contributed by atoms with E-state index in [-0.39, 0.29) is 18.1 Å². The molecule has 1 aliphatic heterocycles. The molecule has 2 atom stereocenters. The quantitative estimate of drug-likeness (QED) is 0.698. The lowest BCUT2D eigenvalue weighted by atomic mass is 10.0. The van der Waals surface area contributed by atoms with Gasteiger partial charge in [0.05, 0.1) is 17.8 Å². The van der Waals surface area contributed by atoms with Gasteiger partial charge in [-0.05, 0) is 68.9 Å². The van der Waals surface area contributed by atoms with E-state index in [0.717, 1.165) is 27.9 Å². The number of nitrogens with one attached hydrogen (secondary N) is 1. The van der Waals surface area contributed by atoms with Crippen LogP contribution >= 0.6 is 12.2 Å². The fourth-order valence-corrected chi connectivity index (χ4v) is 4.14. The van der Waals surface area contributed by atoms with Gasteiger partial charge in [0.1, 0.15) is 5.82 Å². The summed E-state index contributed by atoms with van der Waals surface area (Å²) in [4.78, 5) is 11.5. The summed E-state index contributed by atoms with van der Waals surface area (Å²) in [6.07, 6.45) is 5.78. The average molecular weight is 378 g/mol. The van der Waals surface area contributed by atoms with Crippen molar-refractivity contribution in [3.8, 4) is 5.82 Å². The first-order valence-electron chi connectivity index (χ1n) is 9.16. The first-order valence-corrected chi connectivity index (χ1v) is 9.57. The zero-order valence-corrected chi connectivity index (χ0v) is 16.5. The number of rotatable bonds is 4. The van der Waals surface area contributed by atoms with Gasteiger partial charge in [-0.3, -0.25) is 4.98 Å². The van der Waals surface area contributed by atoms with Crippen LogP contribution in [0.1, 0.15) is 42.9 Å². The maximum Gasteiger partial charge on any atom is 0.170 e. The van der Waals surface area contributed by atoms with Gasteiger partial charge in [0, 0.05) is 30.3 Å². The molecule has 138 valence electrons. The number of nitrogens with zero attached hydrogens (tertiary/aromatic N) is 4. The van der Waals surface area contributed by atoms with Gasteiger partial charge in [-0.2, -0.15) is 0 Å². The minimum absolute atomic E-state index is 0.0137. The van der Waals surface area contributed by atoms with Crippen LogP contribution in [0, 0.1) is 6.92 Å². The lowest BCUT2D eigenvalue weighted by Crippen LogP contribution is -2.36. The smallest absolute Gasteiger partial charge is 0.170 e. The van der Waals surface area contributed by atoms with Gasteiger partial charge in [0.25, 0.3) is 0 Å². The van der Waals surface area contributed by atoms with Crippen molar-refractivity contribution < 1.29 is 0 Å². The summed E-state index contributed by atoms with van der Waals surface area (Å²) >= 11 is 5.68. The number of hydrogen-bond acceptors (Lipinski definition) is 3. The Hall–Kier alpha value is -2.73. The second-order valence-electron chi connectivity index (χ2n) is 7.12. The normalized spacial score (nSPS) is 19.6. The molecule has 6 heteroatoms. The third kappa shape index (κ3) is 3.21. The van der Waals surface area contributed by atoms with E-state index in [1.54, 1.807) is 0 Å². The zero-order chi connectivity index (χ0) is 19.0. The molecule has 27 heavy (non-hydrogen) atoms. The standard InChI is InChI=1S/C21H23N5S/c1-14(2)26-20(19(24-21(26)27)16-7-4-5-11-22-16)17-8-6-12-25(17)18-10-9-15(3)13-23-18/h4-14,19-20H,1-3H3,(H,24,27). The van der Waals surface area contributed by atoms with E-state index in [0.29, 0.717) is 0 Å². The van der Waals surface area contributed by atoms with Crippen molar-refractivity contribution in [1.29, 1.82) is 0 Å². The fourth-order valence-electron chi connectivity index (χ4n) is 3.68. The highest BCUT2D eigenvalue weighted by atomic mass is 32.1. The van der Waals surface area contributed by atoms with Gasteiger partial charge in [0.2, 0.25) is 0 Å². The molecular formula is C21H23N5S. The van der Waals surface area contributed by atoms with E-state index < -0.39 is 0 Å². The van der Waals surface area contributed by atoms with Gasteiger partial charge in [0.15, 0.2) is 5.11 Å².